The third-order valence-electron chi connectivity index (χ3n) is 1.78. The standard InChI is InChI=1S/C10H15NO.ClH/c1-8-5-9(3-4-11)7-10(6-8)12-2;/h5-7H,3-4,11H2,1-2H3;1H. The van der Waals surface area contributed by atoms with Gasteiger partial charge in [0.1, 0.15) is 5.75 Å². The fourth-order valence-electron chi connectivity index (χ4n) is 1.25. The topological polar surface area (TPSA) is 35.2 Å². The van der Waals surface area contributed by atoms with Crippen LogP contribution in [0.25, 0.3) is 0 Å². The van der Waals surface area contributed by atoms with Crippen LogP contribution in [0, 0.1) is 6.92 Å². The van der Waals surface area contributed by atoms with Crippen molar-refractivity contribution in [2.45, 2.75) is 13.3 Å². The van der Waals surface area contributed by atoms with Gasteiger partial charge in [-0.2, -0.15) is 0 Å². The Kier molecular flexibility index (Phi) is 5.51. The monoisotopic (exact) mass is 201 g/mol. The van der Waals surface area contributed by atoms with Crippen LogP contribution in [-0.2, 0) is 6.42 Å². The lowest BCUT2D eigenvalue weighted by molar-refractivity contribution is 0.414. The molecule has 0 unspecified atom stereocenters. The van der Waals surface area contributed by atoms with E-state index >= 15 is 0 Å². The van der Waals surface area contributed by atoms with Crippen molar-refractivity contribution in [3.63, 3.8) is 0 Å². The van der Waals surface area contributed by atoms with Crippen LogP contribution in [0.2, 0.25) is 0 Å². The Labute approximate surface area is 85.5 Å². The summed E-state index contributed by atoms with van der Waals surface area (Å²) < 4.78 is 5.14. The lowest BCUT2D eigenvalue weighted by Crippen LogP contribution is -2.03. The summed E-state index contributed by atoms with van der Waals surface area (Å²) >= 11 is 0. The van der Waals surface area contributed by atoms with Gasteiger partial charge in [0.2, 0.25) is 0 Å². The minimum Gasteiger partial charge on any atom is -0.497 e. The molecule has 0 aliphatic heterocycles. The molecule has 74 valence electrons. The number of methoxy groups -OCH3 is 1. The van der Waals surface area contributed by atoms with Gasteiger partial charge in [-0.3, -0.25) is 0 Å². The zero-order chi connectivity index (χ0) is 8.97. The second-order valence-electron chi connectivity index (χ2n) is 2.90. The quantitative estimate of drug-likeness (QED) is 0.811. The average molecular weight is 202 g/mol. The van der Waals surface area contributed by atoms with Gasteiger partial charge in [-0.05, 0) is 43.1 Å². The number of ether oxygens (including phenoxy) is 1. The summed E-state index contributed by atoms with van der Waals surface area (Å²) in [5, 5.41) is 0. The maximum atomic E-state index is 5.46. The molecule has 1 rings (SSSR count). The summed E-state index contributed by atoms with van der Waals surface area (Å²) in [5.41, 5.74) is 7.93. The lowest BCUT2D eigenvalue weighted by atomic mass is 10.1. The molecule has 0 bridgehead atoms. The molecular weight excluding hydrogens is 186 g/mol. The van der Waals surface area contributed by atoms with Gasteiger partial charge in [-0.1, -0.05) is 6.07 Å². The van der Waals surface area contributed by atoms with Crippen molar-refractivity contribution >= 4 is 12.4 Å². The van der Waals surface area contributed by atoms with E-state index in [0.717, 1.165) is 12.2 Å². The molecule has 0 saturated carbocycles. The van der Waals surface area contributed by atoms with Crippen molar-refractivity contribution in [2.24, 2.45) is 5.73 Å². The van der Waals surface area contributed by atoms with Crippen LogP contribution in [0.1, 0.15) is 11.1 Å². The van der Waals surface area contributed by atoms with Gasteiger partial charge >= 0.3 is 0 Å². The Bertz CT molecular complexity index is 263. The molecule has 2 nitrogen and oxygen atoms in total. The molecular formula is C10H16ClNO. The summed E-state index contributed by atoms with van der Waals surface area (Å²) in [7, 11) is 1.68. The first kappa shape index (κ1) is 12.3. The molecule has 0 aliphatic rings. The molecule has 0 saturated heterocycles. The molecule has 3 heteroatoms. The highest BCUT2D eigenvalue weighted by Crippen LogP contribution is 2.16. The fraction of sp³-hybridized carbons (Fsp3) is 0.400. The molecule has 1 aromatic rings. The molecule has 0 atom stereocenters. The molecule has 0 amide bonds. The molecule has 0 heterocycles. The van der Waals surface area contributed by atoms with E-state index in [2.05, 4.69) is 13.0 Å². The van der Waals surface area contributed by atoms with Gasteiger partial charge in [0, 0.05) is 0 Å². The molecule has 0 spiro atoms. The third-order valence-corrected chi connectivity index (χ3v) is 1.78. The van der Waals surface area contributed by atoms with E-state index in [1.807, 2.05) is 12.1 Å². The van der Waals surface area contributed by atoms with Crippen LogP contribution >= 0.6 is 12.4 Å². The van der Waals surface area contributed by atoms with E-state index in [4.69, 9.17) is 10.5 Å². The summed E-state index contributed by atoms with van der Waals surface area (Å²) in [5.74, 6) is 0.915. The van der Waals surface area contributed by atoms with Crippen molar-refractivity contribution in [1.82, 2.24) is 0 Å². The van der Waals surface area contributed by atoms with E-state index < -0.39 is 0 Å². The van der Waals surface area contributed by atoms with Crippen LogP contribution < -0.4 is 10.5 Å². The molecule has 0 aliphatic carbocycles. The maximum absolute atomic E-state index is 5.46. The fourth-order valence-corrected chi connectivity index (χ4v) is 1.25. The lowest BCUT2D eigenvalue weighted by Gasteiger charge is -2.05. The van der Waals surface area contributed by atoms with Crippen LogP contribution in [0.4, 0.5) is 0 Å². The number of hydrogen-bond donors (Lipinski definition) is 1. The summed E-state index contributed by atoms with van der Waals surface area (Å²) in [6.07, 6.45) is 0.915. The summed E-state index contributed by atoms with van der Waals surface area (Å²) in [6, 6.07) is 6.18. The van der Waals surface area contributed by atoms with Gasteiger partial charge < -0.3 is 10.5 Å². The maximum Gasteiger partial charge on any atom is 0.119 e. The number of nitrogens with two attached hydrogens (primary N) is 1. The van der Waals surface area contributed by atoms with Crippen molar-refractivity contribution in [2.75, 3.05) is 13.7 Å². The van der Waals surface area contributed by atoms with Gasteiger partial charge in [-0.15, -0.1) is 12.4 Å². The Hall–Kier alpha value is -0.730. The minimum absolute atomic E-state index is 0. The molecule has 13 heavy (non-hydrogen) atoms. The Morgan fingerprint density at radius 1 is 1.31 bits per heavy atom. The predicted octanol–water partition coefficient (Wildman–Crippen LogP) is 1.93. The minimum atomic E-state index is 0. The Balaban J connectivity index is 0.00000144. The highest BCUT2D eigenvalue weighted by atomic mass is 35.5. The van der Waals surface area contributed by atoms with Gasteiger partial charge in [0.05, 0.1) is 7.11 Å². The van der Waals surface area contributed by atoms with Crippen molar-refractivity contribution in [3.05, 3.63) is 29.3 Å². The number of halogens is 1. The van der Waals surface area contributed by atoms with Crippen molar-refractivity contribution in [3.8, 4) is 5.75 Å². The Morgan fingerprint density at radius 2 is 2.00 bits per heavy atom. The highest BCUT2D eigenvalue weighted by molar-refractivity contribution is 5.85. The zero-order valence-electron chi connectivity index (χ0n) is 8.04. The molecule has 0 fully saturated rings. The normalized spacial score (nSPS) is 9.15. The SMILES string of the molecule is COc1cc(C)cc(CCN)c1.Cl. The summed E-state index contributed by atoms with van der Waals surface area (Å²) in [4.78, 5) is 0. The molecule has 0 radical (unpaired) electrons. The van der Waals surface area contributed by atoms with E-state index in [0.29, 0.717) is 6.54 Å². The number of aryl methyl sites for hydroxylation is 1. The number of benzene rings is 1. The van der Waals surface area contributed by atoms with Crippen LogP contribution in [-0.4, -0.2) is 13.7 Å². The molecule has 2 N–H and O–H groups in total. The Morgan fingerprint density at radius 3 is 2.54 bits per heavy atom. The average Bonchev–Trinajstić information content (AvgIpc) is 2.04. The first-order valence-electron chi connectivity index (χ1n) is 4.11. The van der Waals surface area contributed by atoms with E-state index in [9.17, 15) is 0 Å². The first-order valence-corrected chi connectivity index (χ1v) is 4.11. The van der Waals surface area contributed by atoms with Crippen LogP contribution in [0.3, 0.4) is 0 Å². The van der Waals surface area contributed by atoms with Gasteiger partial charge in [0.15, 0.2) is 0 Å². The smallest absolute Gasteiger partial charge is 0.119 e. The second-order valence-corrected chi connectivity index (χ2v) is 2.90. The van der Waals surface area contributed by atoms with Gasteiger partial charge in [0.25, 0.3) is 0 Å². The third kappa shape index (κ3) is 3.66. The predicted molar refractivity (Wildman–Crippen MR) is 57.7 cm³/mol. The van der Waals surface area contributed by atoms with E-state index in [1.54, 1.807) is 7.11 Å². The zero-order valence-corrected chi connectivity index (χ0v) is 8.86. The molecule has 0 aromatic heterocycles. The first-order chi connectivity index (χ1) is 5.76. The molecule has 1 aromatic carbocycles. The largest absolute Gasteiger partial charge is 0.497 e. The van der Waals surface area contributed by atoms with Crippen LogP contribution in [0.5, 0.6) is 5.75 Å². The van der Waals surface area contributed by atoms with Crippen molar-refractivity contribution < 1.29 is 4.74 Å². The van der Waals surface area contributed by atoms with Crippen molar-refractivity contribution in [1.29, 1.82) is 0 Å². The number of hydrogen-bond acceptors (Lipinski definition) is 2. The second kappa shape index (κ2) is 5.84. The van der Waals surface area contributed by atoms with Gasteiger partial charge in [-0.25, -0.2) is 0 Å². The van der Waals surface area contributed by atoms with E-state index in [-0.39, 0.29) is 12.4 Å². The number of rotatable bonds is 3. The van der Waals surface area contributed by atoms with E-state index in [1.165, 1.54) is 11.1 Å². The summed E-state index contributed by atoms with van der Waals surface area (Å²) in [6.45, 7) is 2.75. The highest BCUT2D eigenvalue weighted by Gasteiger charge is 1.96. The van der Waals surface area contributed by atoms with Crippen LogP contribution in [0.15, 0.2) is 18.2 Å².